The van der Waals surface area contributed by atoms with Crippen LogP contribution >= 0.6 is 0 Å². The first-order chi connectivity index (χ1) is 16.3. The van der Waals surface area contributed by atoms with Gasteiger partial charge in [0.25, 0.3) is 0 Å². The van der Waals surface area contributed by atoms with Crippen molar-refractivity contribution in [3.05, 3.63) is 47.5 Å². The number of Topliss-reactive ketones (excluding diaryl/α,β-unsaturated/α-hetero) is 1. The predicted molar refractivity (Wildman–Crippen MR) is 122 cm³/mol. The van der Waals surface area contributed by atoms with E-state index in [9.17, 15) is 23.2 Å². The summed E-state index contributed by atoms with van der Waals surface area (Å²) in [6, 6.07) is 11.7. The van der Waals surface area contributed by atoms with Crippen LogP contribution in [0, 0.1) is 11.3 Å². The summed E-state index contributed by atoms with van der Waals surface area (Å²) in [5.41, 5.74) is -1.48. The molecular weight excluding hydrogens is 449 g/mol. The van der Waals surface area contributed by atoms with Gasteiger partial charge in [-0.1, -0.05) is 24.3 Å². The Morgan fingerprint density at radius 2 is 1.88 bits per heavy atom. The number of rotatable bonds is 12. The Kier molecular flexibility index (Phi) is 8.67. The maximum atomic E-state index is 14.1. The van der Waals surface area contributed by atoms with E-state index in [0.29, 0.717) is 11.4 Å². The molecule has 0 bridgehead atoms. The zero-order valence-electron chi connectivity index (χ0n) is 18.9. The number of benzene rings is 2. The van der Waals surface area contributed by atoms with E-state index < -0.39 is 23.1 Å². The lowest BCUT2D eigenvalue weighted by atomic mass is 9.93. The Hall–Kier alpha value is -2.93. The molecule has 0 aliphatic carbocycles. The highest BCUT2D eigenvalue weighted by Crippen LogP contribution is 2.40. The first kappa shape index (κ1) is 25.7. The number of ether oxygens (including phenoxy) is 2. The Labute approximate surface area is 196 Å². The minimum absolute atomic E-state index is 0.102. The molecule has 0 aromatic heterocycles. The topological polar surface area (TPSA) is 82.6 Å². The van der Waals surface area contributed by atoms with Crippen LogP contribution in [0.3, 0.4) is 0 Å². The van der Waals surface area contributed by atoms with Gasteiger partial charge in [-0.3, -0.25) is 4.79 Å². The zero-order valence-corrected chi connectivity index (χ0v) is 18.9. The van der Waals surface area contributed by atoms with Crippen molar-refractivity contribution in [2.75, 3.05) is 44.5 Å². The maximum absolute atomic E-state index is 14.1. The number of carbonyl (C=O) groups excluding carboxylic acids is 1. The fourth-order valence-electron chi connectivity index (χ4n) is 3.79. The molecular formula is C25H27F3N2O4. The second-order valence-corrected chi connectivity index (χ2v) is 8.05. The average Bonchev–Trinajstić information content (AvgIpc) is 3.53. The first-order valence-electron chi connectivity index (χ1n) is 11.1. The van der Waals surface area contributed by atoms with Crippen LogP contribution in [0.25, 0.3) is 16.3 Å². The van der Waals surface area contributed by atoms with E-state index in [2.05, 4.69) is 4.90 Å². The summed E-state index contributed by atoms with van der Waals surface area (Å²) in [7, 11) is 0. The van der Waals surface area contributed by atoms with Crippen LogP contribution in [0.4, 0.5) is 18.9 Å². The van der Waals surface area contributed by atoms with E-state index in [4.69, 9.17) is 14.6 Å². The molecule has 2 aromatic carbocycles. The molecule has 0 saturated carbocycles. The van der Waals surface area contributed by atoms with E-state index in [1.165, 1.54) is 18.2 Å². The van der Waals surface area contributed by atoms with Gasteiger partial charge >= 0.3 is 6.18 Å². The Morgan fingerprint density at radius 3 is 2.50 bits per heavy atom. The number of halogens is 3. The molecule has 0 spiro atoms. The van der Waals surface area contributed by atoms with Crippen LogP contribution in [0.1, 0.15) is 25.3 Å². The molecule has 1 aliphatic rings. The molecule has 182 valence electrons. The number of carbonyl (C=O) groups is 1. The fourth-order valence-corrected chi connectivity index (χ4v) is 3.79. The predicted octanol–water partition coefficient (Wildman–Crippen LogP) is 4.26. The number of ketones is 1. The number of aliphatic hydroxyl groups excluding tert-OH is 1. The van der Waals surface area contributed by atoms with Crippen LogP contribution in [-0.4, -0.2) is 62.7 Å². The number of allylic oxidation sites excluding steroid dienone is 2. The highest BCUT2D eigenvalue weighted by molar-refractivity contribution is 6.08. The number of nitriles is 1. The van der Waals surface area contributed by atoms with Gasteiger partial charge in [-0.25, -0.2) is 0 Å². The molecule has 0 radical (unpaired) electrons. The molecule has 3 rings (SSSR count). The summed E-state index contributed by atoms with van der Waals surface area (Å²) in [4.78, 5) is 14.7. The number of aliphatic hydroxyl groups is 1. The van der Waals surface area contributed by atoms with Crippen molar-refractivity contribution in [1.29, 1.82) is 5.26 Å². The van der Waals surface area contributed by atoms with Gasteiger partial charge in [0, 0.05) is 36.7 Å². The third-order valence-corrected chi connectivity index (χ3v) is 5.54. The highest BCUT2D eigenvalue weighted by Gasteiger charge is 2.39. The van der Waals surface area contributed by atoms with Crippen molar-refractivity contribution in [2.45, 2.75) is 32.0 Å². The minimum atomic E-state index is -4.88. The van der Waals surface area contributed by atoms with Crippen LogP contribution in [0.5, 0.6) is 0 Å². The zero-order chi connectivity index (χ0) is 24.7. The minimum Gasteiger partial charge on any atom is -0.394 e. The second-order valence-electron chi connectivity index (χ2n) is 8.05. The van der Waals surface area contributed by atoms with Gasteiger partial charge in [0.05, 0.1) is 32.0 Å². The lowest BCUT2D eigenvalue weighted by Crippen LogP contribution is -2.17. The average molecular weight is 476 g/mol. The molecule has 1 N–H and O–H groups in total. The molecule has 1 heterocycles. The molecule has 6 nitrogen and oxygen atoms in total. The maximum Gasteiger partial charge on any atom is 0.418 e. The van der Waals surface area contributed by atoms with E-state index in [1.807, 2.05) is 25.1 Å². The quantitative estimate of drug-likeness (QED) is 0.213. The Morgan fingerprint density at radius 1 is 1.18 bits per heavy atom. The van der Waals surface area contributed by atoms with Gasteiger partial charge in [-0.2, -0.15) is 18.4 Å². The van der Waals surface area contributed by atoms with Crippen LogP contribution < -0.4 is 4.90 Å². The summed E-state index contributed by atoms with van der Waals surface area (Å²) in [5, 5.41) is 19.6. The van der Waals surface area contributed by atoms with E-state index >= 15 is 0 Å². The van der Waals surface area contributed by atoms with E-state index in [1.54, 1.807) is 6.07 Å². The van der Waals surface area contributed by atoms with Crippen molar-refractivity contribution in [3.63, 3.8) is 0 Å². The SMILES string of the molecule is CC1CN1c1cccc2ccc(/C(=C(\C#N)C(=O)CCCOCCOCCO)C(F)(F)F)cc12. The molecule has 1 unspecified atom stereocenters. The van der Waals surface area contributed by atoms with E-state index in [0.717, 1.165) is 17.6 Å². The van der Waals surface area contributed by atoms with Crippen molar-refractivity contribution in [2.24, 2.45) is 0 Å². The number of anilines is 1. The first-order valence-corrected chi connectivity index (χ1v) is 11.1. The number of hydrogen-bond donors (Lipinski definition) is 1. The number of nitrogens with zero attached hydrogens (tertiary/aromatic N) is 2. The van der Waals surface area contributed by atoms with Gasteiger partial charge in [0.1, 0.15) is 11.6 Å². The van der Waals surface area contributed by atoms with Crippen molar-refractivity contribution in [1.82, 2.24) is 0 Å². The highest BCUT2D eigenvalue weighted by atomic mass is 19.4. The monoisotopic (exact) mass is 476 g/mol. The van der Waals surface area contributed by atoms with E-state index in [-0.39, 0.29) is 51.4 Å². The summed E-state index contributed by atoms with van der Waals surface area (Å²) < 4.78 is 52.6. The van der Waals surface area contributed by atoms with Gasteiger partial charge < -0.3 is 19.5 Å². The summed E-state index contributed by atoms with van der Waals surface area (Å²) >= 11 is 0. The summed E-state index contributed by atoms with van der Waals surface area (Å²) in [5.74, 6) is -0.872. The third kappa shape index (κ3) is 6.35. The van der Waals surface area contributed by atoms with Crippen LogP contribution in [0.15, 0.2) is 42.0 Å². The number of fused-ring (bicyclic) bond motifs is 1. The molecule has 0 amide bonds. The molecule has 1 atom stereocenters. The third-order valence-electron chi connectivity index (χ3n) is 5.54. The summed E-state index contributed by atoms with van der Waals surface area (Å²) in [6.07, 6.45) is -4.95. The Bertz CT molecular complexity index is 1090. The van der Waals surface area contributed by atoms with Crippen LogP contribution in [-0.2, 0) is 14.3 Å². The molecule has 1 fully saturated rings. The lowest BCUT2D eigenvalue weighted by Gasteiger charge is -2.16. The largest absolute Gasteiger partial charge is 0.418 e. The summed E-state index contributed by atoms with van der Waals surface area (Å²) in [6.45, 7) is 3.57. The lowest BCUT2D eigenvalue weighted by molar-refractivity contribution is -0.116. The smallest absolute Gasteiger partial charge is 0.394 e. The number of hydrogen-bond acceptors (Lipinski definition) is 6. The normalized spacial score (nSPS) is 16.4. The standard InChI is InChI=1S/C25H27F3N2O4/c1-17-16-30(17)22-5-2-4-18-7-8-19(14-20(18)22)24(25(26,27)28)21(15-29)23(32)6-3-10-33-12-13-34-11-9-31/h2,4-5,7-8,14,17,31H,3,6,9-13,16H2,1H3/b24-21-. The van der Waals surface area contributed by atoms with Crippen LogP contribution in [0.2, 0.25) is 0 Å². The van der Waals surface area contributed by atoms with Crippen molar-refractivity contribution < 1.29 is 32.5 Å². The molecule has 1 aliphatic heterocycles. The molecule has 1 saturated heterocycles. The molecule has 2 aromatic rings. The van der Waals surface area contributed by atoms with Gasteiger partial charge in [0.2, 0.25) is 0 Å². The molecule has 34 heavy (non-hydrogen) atoms. The second kappa shape index (κ2) is 11.5. The van der Waals surface area contributed by atoms with Crippen molar-refractivity contribution >= 4 is 27.8 Å². The number of alkyl halides is 3. The fraction of sp³-hybridized carbons (Fsp3) is 0.440. The van der Waals surface area contributed by atoms with Gasteiger partial charge in [-0.05, 0) is 36.4 Å². The van der Waals surface area contributed by atoms with Gasteiger partial charge in [-0.15, -0.1) is 0 Å². The molecule has 9 heteroatoms. The van der Waals surface area contributed by atoms with Crippen molar-refractivity contribution in [3.8, 4) is 6.07 Å². The van der Waals surface area contributed by atoms with Gasteiger partial charge in [0.15, 0.2) is 5.78 Å². The Balaban J connectivity index is 1.82.